The second kappa shape index (κ2) is 15.3. The van der Waals surface area contributed by atoms with E-state index in [0.717, 1.165) is 55.3 Å². The molecule has 0 spiro atoms. The van der Waals surface area contributed by atoms with Crippen molar-refractivity contribution in [2.75, 3.05) is 22.9 Å². The molecule has 0 aliphatic heterocycles. The second-order valence-electron chi connectivity index (χ2n) is 14.8. The summed E-state index contributed by atoms with van der Waals surface area (Å²) >= 11 is 2.34. The molecule has 0 heterocycles. The van der Waals surface area contributed by atoms with Gasteiger partial charge >= 0.3 is 0 Å². The van der Waals surface area contributed by atoms with Crippen molar-refractivity contribution in [3.8, 4) is 11.1 Å². The van der Waals surface area contributed by atoms with Crippen LogP contribution in [-0.4, -0.2) is 0 Å². The van der Waals surface area contributed by atoms with Gasteiger partial charge in [-0.05, 0) is 110 Å². The zero-order valence-corrected chi connectivity index (χ0v) is 34.2. The number of hydrogen-bond donors (Lipinski definition) is 9. The molecular weight excluding hydrogens is 842 g/mol. The van der Waals surface area contributed by atoms with Crippen molar-refractivity contribution in [1.29, 1.82) is 0 Å². The number of anilines is 4. The molecule has 0 aromatic heterocycles. The van der Waals surface area contributed by atoms with Crippen LogP contribution in [0.2, 0.25) is 0 Å². The average Bonchev–Trinajstić information content (AvgIpc) is 3.45. The molecule has 0 saturated heterocycles. The summed E-state index contributed by atoms with van der Waals surface area (Å²) in [6, 6.07) is 43.3. The predicted octanol–water partition coefficient (Wildman–Crippen LogP) is 8.57. The summed E-state index contributed by atoms with van der Waals surface area (Å²) < 4.78 is -0.824. The Balaban J connectivity index is 1.06. The Morgan fingerprint density at radius 3 is 1.27 bits per heavy atom. The van der Waals surface area contributed by atoms with E-state index in [0.29, 0.717) is 67.8 Å². The highest BCUT2D eigenvalue weighted by Gasteiger charge is 2.39. The van der Waals surface area contributed by atoms with Crippen LogP contribution in [0.1, 0.15) is 55.6 Å². The topological polar surface area (TPSA) is 234 Å². The third kappa shape index (κ3) is 7.42. The Hall–Kier alpha value is -7.15. The van der Waals surface area contributed by atoms with E-state index in [1.807, 2.05) is 97.1 Å². The molecule has 1 aliphatic carbocycles. The predicted molar refractivity (Wildman–Crippen MR) is 260 cm³/mol. The highest BCUT2D eigenvalue weighted by atomic mass is 127. The SMILES string of the molecule is N/C(=C\c1ccccc1)c1cc(N)c(/C(N)=C/c2ccc3c(c2)C(N)(I)c2c-3ccc3cc(/C=C(\N)c4cc(N)c(/C(N)=C/c5ccccc5)cc4N)ccc23)cc1N. The van der Waals surface area contributed by atoms with Crippen LogP contribution < -0.4 is 51.6 Å². The first-order valence-corrected chi connectivity index (χ1v) is 19.9. The molecule has 0 fully saturated rings. The van der Waals surface area contributed by atoms with Gasteiger partial charge in [-0.1, -0.05) is 120 Å². The van der Waals surface area contributed by atoms with Gasteiger partial charge in [-0.25, -0.2) is 0 Å². The van der Waals surface area contributed by atoms with E-state index in [1.165, 1.54) is 0 Å². The third-order valence-corrected chi connectivity index (χ3v) is 11.8. The van der Waals surface area contributed by atoms with Crippen molar-refractivity contribution in [1.82, 2.24) is 0 Å². The summed E-state index contributed by atoms with van der Waals surface area (Å²) in [5.41, 5.74) is 73.7. The molecule has 0 amide bonds. The minimum Gasteiger partial charge on any atom is -0.398 e. The Labute approximate surface area is 356 Å². The Morgan fingerprint density at radius 2 is 0.814 bits per heavy atom. The minimum atomic E-state index is -0.824. The Bertz CT molecular complexity index is 2930. The first kappa shape index (κ1) is 38.7. The molecule has 1 aliphatic rings. The molecule has 10 heteroatoms. The minimum absolute atomic E-state index is 0.465. The summed E-state index contributed by atoms with van der Waals surface area (Å²) in [7, 11) is 0. The Morgan fingerprint density at radius 1 is 0.424 bits per heavy atom. The van der Waals surface area contributed by atoms with Crippen molar-refractivity contribution in [3.63, 3.8) is 0 Å². The van der Waals surface area contributed by atoms with Crippen LogP contribution in [0.3, 0.4) is 0 Å². The lowest BCUT2D eigenvalue weighted by molar-refractivity contribution is 0.869. The first-order chi connectivity index (χ1) is 28.3. The lowest BCUT2D eigenvalue weighted by Gasteiger charge is -2.21. The zero-order chi connectivity index (χ0) is 41.6. The maximum absolute atomic E-state index is 7.23. The van der Waals surface area contributed by atoms with Gasteiger partial charge in [0.1, 0.15) is 3.55 Å². The Kier molecular flexibility index (Phi) is 10.0. The number of benzene rings is 7. The summed E-state index contributed by atoms with van der Waals surface area (Å²) in [6.07, 6.45) is 7.50. The maximum Gasteiger partial charge on any atom is 0.121 e. The van der Waals surface area contributed by atoms with Crippen LogP contribution in [0.5, 0.6) is 0 Å². The molecule has 8 rings (SSSR count). The second-order valence-corrected chi connectivity index (χ2v) is 16.5. The lowest BCUT2D eigenvalue weighted by atomic mass is 9.95. The molecular formula is C49H44IN9. The summed E-state index contributed by atoms with van der Waals surface area (Å²) in [5, 5.41) is 2.06. The van der Waals surface area contributed by atoms with Crippen LogP contribution in [-0.2, 0) is 3.55 Å². The van der Waals surface area contributed by atoms with E-state index in [4.69, 9.17) is 51.6 Å². The average molecular weight is 886 g/mol. The van der Waals surface area contributed by atoms with Gasteiger partial charge in [0, 0.05) is 73.4 Å². The highest BCUT2D eigenvalue weighted by molar-refractivity contribution is 14.1. The number of alkyl halides is 1. The number of rotatable bonds is 8. The normalized spacial score (nSPS) is 15.6. The standard InChI is InChI=1S/C49H44IN9/c50-49(59)39-18-30(22-43(54)38-26-45(56)36(24-47(38)58)41(52)20-28-9-5-2-6-10-28)12-15-33(39)34-16-13-31-17-29(11-14-32(31)48(34)49)21-42(53)37-25-44(55)35(23-46(37)57)40(51)19-27-7-3-1-4-8-27/h1-26H,51-59H2/b40-19-,41-20-,42-21-,43-22-. The molecule has 1 unspecified atom stereocenters. The van der Waals surface area contributed by atoms with Crippen LogP contribution in [0, 0.1) is 0 Å². The van der Waals surface area contributed by atoms with Gasteiger partial charge in [-0.15, -0.1) is 0 Å². The monoisotopic (exact) mass is 885 g/mol. The van der Waals surface area contributed by atoms with Gasteiger partial charge in [-0.2, -0.15) is 0 Å². The number of fused-ring (bicyclic) bond motifs is 5. The molecule has 59 heavy (non-hydrogen) atoms. The third-order valence-electron chi connectivity index (χ3n) is 10.7. The van der Waals surface area contributed by atoms with Gasteiger partial charge in [-0.3, -0.25) is 0 Å². The quantitative estimate of drug-likeness (QED) is 0.0233. The molecule has 1 atom stereocenters. The van der Waals surface area contributed by atoms with E-state index in [2.05, 4.69) is 59.0 Å². The van der Waals surface area contributed by atoms with Gasteiger partial charge in [0.15, 0.2) is 0 Å². The fourth-order valence-electron chi connectivity index (χ4n) is 7.77. The molecule has 0 saturated carbocycles. The zero-order valence-electron chi connectivity index (χ0n) is 32.1. The summed E-state index contributed by atoms with van der Waals surface area (Å²) in [6.45, 7) is 0. The van der Waals surface area contributed by atoms with E-state index in [1.54, 1.807) is 24.3 Å². The van der Waals surface area contributed by atoms with Crippen LogP contribution in [0.4, 0.5) is 22.7 Å². The molecule has 0 radical (unpaired) electrons. The molecule has 7 aromatic carbocycles. The molecule has 18 N–H and O–H groups in total. The number of halogens is 1. The van der Waals surface area contributed by atoms with Crippen molar-refractivity contribution in [3.05, 3.63) is 189 Å². The van der Waals surface area contributed by atoms with Gasteiger partial charge < -0.3 is 51.6 Å². The fraction of sp³-hybridized carbons (Fsp3) is 0.0204. The van der Waals surface area contributed by atoms with Gasteiger partial charge in [0.05, 0.1) is 0 Å². The number of hydrogen-bond acceptors (Lipinski definition) is 9. The smallest absolute Gasteiger partial charge is 0.121 e. The highest BCUT2D eigenvalue weighted by Crippen LogP contribution is 2.52. The first-order valence-electron chi connectivity index (χ1n) is 18.9. The van der Waals surface area contributed by atoms with Crippen molar-refractivity contribution < 1.29 is 0 Å². The van der Waals surface area contributed by atoms with Crippen molar-refractivity contribution in [2.24, 2.45) is 28.7 Å². The summed E-state index contributed by atoms with van der Waals surface area (Å²) in [5.74, 6) is 0. The summed E-state index contributed by atoms with van der Waals surface area (Å²) in [4.78, 5) is 0. The molecule has 0 bridgehead atoms. The molecule has 9 nitrogen and oxygen atoms in total. The molecule has 292 valence electrons. The number of nitrogens with two attached hydrogens (primary N) is 9. The maximum atomic E-state index is 7.23. The van der Waals surface area contributed by atoms with Crippen molar-refractivity contribution in [2.45, 2.75) is 3.55 Å². The van der Waals surface area contributed by atoms with E-state index >= 15 is 0 Å². The van der Waals surface area contributed by atoms with Crippen LogP contribution >= 0.6 is 22.6 Å². The van der Waals surface area contributed by atoms with E-state index < -0.39 is 3.55 Å². The van der Waals surface area contributed by atoms with Crippen molar-refractivity contribution >= 4 is 103 Å². The van der Waals surface area contributed by atoms with Gasteiger partial charge in [0.25, 0.3) is 0 Å². The lowest BCUT2D eigenvalue weighted by Crippen LogP contribution is -2.28. The number of nitrogen functional groups attached to an aromatic ring is 4. The van der Waals surface area contributed by atoms with E-state index in [9.17, 15) is 0 Å². The van der Waals surface area contributed by atoms with Gasteiger partial charge in [0.2, 0.25) is 0 Å². The largest absolute Gasteiger partial charge is 0.398 e. The van der Waals surface area contributed by atoms with E-state index in [-0.39, 0.29) is 0 Å². The fourth-order valence-corrected chi connectivity index (χ4v) is 8.80. The van der Waals surface area contributed by atoms with Crippen LogP contribution in [0.25, 0.3) is 69.0 Å². The molecule has 7 aromatic rings. The van der Waals surface area contributed by atoms with Crippen LogP contribution in [0.15, 0.2) is 133 Å².